The van der Waals surface area contributed by atoms with Gasteiger partial charge in [-0.15, -0.1) is 0 Å². The number of hydrogen-bond acceptors (Lipinski definition) is 7. The highest BCUT2D eigenvalue weighted by Crippen LogP contribution is 2.31. The number of aromatic nitrogens is 4. The van der Waals surface area contributed by atoms with E-state index in [1.807, 2.05) is 57.6 Å². The molecule has 5 heterocycles. The lowest BCUT2D eigenvalue weighted by atomic mass is 9.99. The van der Waals surface area contributed by atoms with E-state index in [2.05, 4.69) is 47.6 Å². The number of H-pyrrole nitrogens is 2. The fourth-order valence-corrected chi connectivity index (χ4v) is 5.56. The van der Waals surface area contributed by atoms with E-state index in [1.165, 1.54) is 0 Å². The lowest BCUT2D eigenvalue weighted by Crippen LogP contribution is -2.58. The van der Waals surface area contributed by atoms with Gasteiger partial charge in [0.05, 0.1) is 29.5 Å². The number of aryl methyl sites for hydroxylation is 1. The Morgan fingerprint density at radius 3 is 2.86 bits per heavy atom. The second-order valence-corrected chi connectivity index (χ2v) is 11.8. The fraction of sp³-hybridized carbons (Fsp3) is 0.294. The summed E-state index contributed by atoms with van der Waals surface area (Å²) in [6, 6.07) is 9.41. The standard InChI is InChI=1S/C34H38FN9/c1-21(29-10-11-37-18-32(39-29)44-19-26(36)20-44)7-8-30-22(2)33(42-41-30)31-17-28-27(9-12-38-34(28)40-31)24-14-23(15-25(35)16-24)6-5-13-43(3)4/h7-10,12,14-18,26,41H,2,5-6,11,13,19-20,36H2,1,3-4H3,(H,38,40)/b21-7+,30-8+. The number of nitrogens with two attached hydrogens (primary N) is 1. The van der Waals surface area contributed by atoms with Gasteiger partial charge in [-0.1, -0.05) is 18.7 Å². The highest BCUT2D eigenvalue weighted by molar-refractivity contribution is 6.30. The summed E-state index contributed by atoms with van der Waals surface area (Å²) in [6.07, 6.45) is 11.3. The Morgan fingerprint density at radius 1 is 1.23 bits per heavy atom. The Labute approximate surface area is 256 Å². The van der Waals surface area contributed by atoms with E-state index in [-0.39, 0.29) is 11.9 Å². The van der Waals surface area contributed by atoms with Crippen molar-refractivity contribution in [3.8, 4) is 22.5 Å². The van der Waals surface area contributed by atoms with E-state index in [9.17, 15) is 4.39 Å². The maximum atomic E-state index is 14.7. The highest BCUT2D eigenvalue weighted by atomic mass is 19.1. The Kier molecular flexibility index (Phi) is 8.36. The molecule has 1 aromatic carbocycles. The van der Waals surface area contributed by atoms with Crippen molar-refractivity contribution in [3.63, 3.8) is 0 Å². The van der Waals surface area contributed by atoms with Crippen molar-refractivity contribution < 1.29 is 4.39 Å². The van der Waals surface area contributed by atoms with Crippen LogP contribution in [0.5, 0.6) is 0 Å². The summed E-state index contributed by atoms with van der Waals surface area (Å²) in [5.74, 6) is 0.605. The van der Waals surface area contributed by atoms with Crippen molar-refractivity contribution in [3.05, 3.63) is 81.9 Å². The molecule has 0 radical (unpaired) electrons. The first-order valence-corrected chi connectivity index (χ1v) is 14.9. The molecule has 1 saturated heterocycles. The van der Waals surface area contributed by atoms with Gasteiger partial charge in [0.1, 0.15) is 23.0 Å². The van der Waals surface area contributed by atoms with E-state index in [1.54, 1.807) is 18.3 Å². The van der Waals surface area contributed by atoms with Gasteiger partial charge in [-0.05, 0) is 99.1 Å². The Morgan fingerprint density at radius 2 is 2.07 bits per heavy atom. The highest BCUT2D eigenvalue weighted by Gasteiger charge is 2.26. The SMILES string of the molecule is C=c1c(-c2cc3c(-c4cc(F)cc(CCCN(C)C)c4)ccnc3[nH]2)n[nH]/c1=C/C=C(\C)C1=CCN=CC(N2CC(N)C2)=N1. The second kappa shape index (κ2) is 12.5. The zero-order valence-corrected chi connectivity index (χ0v) is 25.4. The monoisotopic (exact) mass is 591 g/mol. The van der Waals surface area contributed by atoms with E-state index < -0.39 is 0 Å². The number of halogens is 1. The van der Waals surface area contributed by atoms with Crippen LogP contribution in [0, 0.1) is 5.82 Å². The summed E-state index contributed by atoms with van der Waals surface area (Å²) in [5, 5.41) is 10.1. The zero-order chi connectivity index (χ0) is 30.8. The van der Waals surface area contributed by atoms with E-state index in [0.29, 0.717) is 17.9 Å². The molecule has 9 nitrogen and oxygen atoms in total. The van der Waals surface area contributed by atoms with Gasteiger partial charge >= 0.3 is 0 Å². The molecule has 2 aliphatic rings. The van der Waals surface area contributed by atoms with Crippen molar-refractivity contribution in [2.45, 2.75) is 25.8 Å². The number of nitrogens with zero attached hydrogens (tertiary/aromatic N) is 6. The summed E-state index contributed by atoms with van der Waals surface area (Å²) in [4.78, 5) is 21.5. The number of rotatable bonds is 8. The first-order chi connectivity index (χ1) is 21.2. The zero-order valence-electron chi connectivity index (χ0n) is 25.4. The number of pyridine rings is 1. The van der Waals surface area contributed by atoms with Crippen molar-refractivity contribution in [1.82, 2.24) is 30.0 Å². The predicted molar refractivity (Wildman–Crippen MR) is 177 cm³/mol. The minimum Gasteiger partial charge on any atom is -0.352 e. The van der Waals surface area contributed by atoms with Gasteiger partial charge < -0.3 is 20.5 Å². The molecule has 0 unspecified atom stereocenters. The van der Waals surface area contributed by atoms with E-state index in [0.717, 1.165) is 87.9 Å². The number of aliphatic imine (C=N–C) groups is 2. The minimum absolute atomic E-state index is 0.189. The number of amidine groups is 1. The van der Waals surface area contributed by atoms with Gasteiger partial charge in [0.2, 0.25) is 0 Å². The van der Waals surface area contributed by atoms with Crippen molar-refractivity contribution in [2.24, 2.45) is 15.7 Å². The molecule has 4 aromatic rings. The summed E-state index contributed by atoms with van der Waals surface area (Å²) >= 11 is 0. The molecular formula is C34H38FN9. The number of allylic oxidation sites excluding steroid dienone is 2. The number of hydrogen-bond donors (Lipinski definition) is 3. The van der Waals surface area contributed by atoms with Gasteiger partial charge in [-0.2, -0.15) is 5.10 Å². The summed E-state index contributed by atoms with van der Waals surface area (Å²) in [5.41, 5.74) is 12.8. The molecule has 0 amide bonds. The predicted octanol–water partition coefficient (Wildman–Crippen LogP) is 3.40. The minimum atomic E-state index is -0.238. The van der Waals surface area contributed by atoms with Crippen molar-refractivity contribution in [1.29, 1.82) is 0 Å². The Hall–Kier alpha value is -4.67. The summed E-state index contributed by atoms with van der Waals surface area (Å²) in [6.45, 7) is 9.45. The Bertz CT molecular complexity index is 1920. The van der Waals surface area contributed by atoms with E-state index >= 15 is 0 Å². The number of benzene rings is 1. The summed E-state index contributed by atoms with van der Waals surface area (Å²) < 4.78 is 14.7. The molecule has 0 bridgehead atoms. The lowest BCUT2D eigenvalue weighted by molar-refractivity contribution is 0.258. The smallest absolute Gasteiger partial charge is 0.147 e. The van der Waals surface area contributed by atoms with Gasteiger partial charge in [0.15, 0.2) is 0 Å². The second-order valence-electron chi connectivity index (χ2n) is 11.8. The molecular weight excluding hydrogens is 553 g/mol. The van der Waals surface area contributed by atoms with Crippen LogP contribution in [-0.4, -0.2) is 88.3 Å². The molecule has 44 heavy (non-hydrogen) atoms. The number of nitrogens with one attached hydrogen (secondary N) is 2. The normalized spacial score (nSPS) is 16.5. The quantitative estimate of drug-likeness (QED) is 0.291. The third-order valence-corrected chi connectivity index (χ3v) is 8.00. The summed E-state index contributed by atoms with van der Waals surface area (Å²) in [7, 11) is 4.09. The number of likely N-dealkylation sites (tertiary alicyclic amines) is 1. The van der Waals surface area contributed by atoms with Crippen molar-refractivity contribution >= 4 is 35.7 Å². The van der Waals surface area contributed by atoms with Crippen LogP contribution in [0.25, 0.3) is 46.2 Å². The average Bonchev–Trinajstić information content (AvgIpc) is 3.48. The van der Waals surface area contributed by atoms with Crippen LogP contribution in [0.1, 0.15) is 18.9 Å². The molecule has 0 saturated carbocycles. The Balaban J connectivity index is 1.27. The van der Waals surface area contributed by atoms with Gasteiger partial charge in [0, 0.05) is 35.9 Å². The van der Waals surface area contributed by atoms with Crippen LogP contribution in [0.4, 0.5) is 4.39 Å². The molecule has 1 fully saturated rings. The molecule has 0 spiro atoms. The first-order valence-electron chi connectivity index (χ1n) is 14.9. The maximum Gasteiger partial charge on any atom is 0.147 e. The van der Waals surface area contributed by atoms with Gasteiger partial charge in [0.25, 0.3) is 0 Å². The molecule has 0 aliphatic carbocycles. The van der Waals surface area contributed by atoms with Gasteiger partial charge in [-0.25, -0.2) is 14.4 Å². The third kappa shape index (κ3) is 6.31. The fourth-order valence-electron chi connectivity index (χ4n) is 5.56. The topological polar surface area (TPSA) is 115 Å². The van der Waals surface area contributed by atoms with Crippen LogP contribution in [0.3, 0.4) is 0 Å². The molecule has 0 atom stereocenters. The molecule has 6 rings (SSSR count). The van der Waals surface area contributed by atoms with Crippen LogP contribution in [-0.2, 0) is 6.42 Å². The first kappa shape index (κ1) is 29.4. The van der Waals surface area contributed by atoms with Crippen molar-refractivity contribution in [2.75, 3.05) is 40.3 Å². The van der Waals surface area contributed by atoms with Crippen LogP contribution in [0.2, 0.25) is 0 Å². The third-order valence-electron chi connectivity index (χ3n) is 8.00. The molecule has 10 heteroatoms. The molecule has 226 valence electrons. The largest absolute Gasteiger partial charge is 0.352 e. The number of aromatic amines is 2. The molecule has 2 aliphatic heterocycles. The number of fused-ring (bicyclic) bond motifs is 1. The van der Waals surface area contributed by atoms with Gasteiger partial charge in [-0.3, -0.25) is 10.1 Å². The lowest BCUT2D eigenvalue weighted by Gasteiger charge is -2.38. The van der Waals surface area contributed by atoms with Crippen LogP contribution < -0.4 is 16.3 Å². The van der Waals surface area contributed by atoms with E-state index in [4.69, 9.17) is 10.7 Å². The van der Waals surface area contributed by atoms with Crippen LogP contribution in [0.15, 0.2) is 69.9 Å². The van der Waals surface area contributed by atoms with Crippen LogP contribution >= 0.6 is 0 Å². The maximum absolute atomic E-state index is 14.7. The molecule has 4 N–H and O–H groups in total. The average molecular weight is 592 g/mol. The molecule has 3 aromatic heterocycles.